The fraction of sp³-hybridized carbons (Fsp3) is 0.167. The number of sulfonamides is 1. The van der Waals surface area contributed by atoms with Crippen LogP contribution in [0.5, 0.6) is 0 Å². The summed E-state index contributed by atoms with van der Waals surface area (Å²) in [6, 6.07) is 6.61. The first-order chi connectivity index (χ1) is 9.44. The van der Waals surface area contributed by atoms with Crippen LogP contribution in [0.4, 0.5) is 11.5 Å². The zero-order valence-electron chi connectivity index (χ0n) is 10.9. The van der Waals surface area contributed by atoms with Crippen molar-refractivity contribution in [2.45, 2.75) is 11.9 Å². The smallest absolute Gasteiger partial charge is 0.282 e. The number of rotatable bonds is 4. The average molecular weight is 357 g/mol. The van der Waals surface area contributed by atoms with E-state index in [1.807, 2.05) is 0 Å². The van der Waals surface area contributed by atoms with Crippen LogP contribution in [-0.2, 0) is 10.0 Å². The lowest BCUT2D eigenvalue weighted by molar-refractivity contribution is 0.598. The maximum Gasteiger partial charge on any atom is 0.282 e. The summed E-state index contributed by atoms with van der Waals surface area (Å²) >= 11 is 3.31. The van der Waals surface area contributed by atoms with Crippen LogP contribution in [-0.4, -0.2) is 25.4 Å². The number of nitrogens with zero attached hydrogens (tertiary/aromatic N) is 2. The van der Waals surface area contributed by atoms with E-state index in [2.05, 4.69) is 35.9 Å². The zero-order valence-corrected chi connectivity index (χ0v) is 13.3. The highest BCUT2D eigenvalue weighted by Crippen LogP contribution is 2.22. The van der Waals surface area contributed by atoms with E-state index in [9.17, 15) is 8.42 Å². The number of aromatic nitrogens is 2. The van der Waals surface area contributed by atoms with Gasteiger partial charge < -0.3 is 5.32 Å². The second-order valence-corrected chi connectivity index (χ2v) is 6.43. The van der Waals surface area contributed by atoms with Crippen molar-refractivity contribution in [2.75, 3.05) is 17.1 Å². The Morgan fingerprint density at radius 2 is 2.00 bits per heavy atom. The fourth-order valence-corrected chi connectivity index (χ4v) is 2.95. The van der Waals surface area contributed by atoms with Crippen molar-refractivity contribution >= 4 is 37.5 Å². The molecule has 2 aromatic heterocycles. The van der Waals surface area contributed by atoms with Gasteiger partial charge in [-0.3, -0.25) is 4.72 Å². The standard InChI is InChI=1S/C12H13BrN4O2S/c1-8-9(13)5-6-11(16-8)17-20(18,19)12-10(14-2)4-3-7-15-12/h3-7,14H,1-2H3,(H,16,17). The van der Waals surface area contributed by atoms with Gasteiger partial charge in [0.05, 0.1) is 11.4 Å². The molecule has 2 aromatic rings. The van der Waals surface area contributed by atoms with Gasteiger partial charge in [0.15, 0.2) is 5.03 Å². The lowest BCUT2D eigenvalue weighted by Crippen LogP contribution is -2.17. The Morgan fingerprint density at radius 1 is 1.25 bits per heavy atom. The van der Waals surface area contributed by atoms with Gasteiger partial charge in [0.1, 0.15) is 5.82 Å². The molecule has 0 saturated carbocycles. The first kappa shape index (κ1) is 14.7. The minimum absolute atomic E-state index is 0.0649. The summed E-state index contributed by atoms with van der Waals surface area (Å²) in [5.74, 6) is 0.249. The number of hydrogen-bond acceptors (Lipinski definition) is 5. The van der Waals surface area contributed by atoms with Crippen LogP contribution in [0, 0.1) is 6.92 Å². The Morgan fingerprint density at radius 3 is 2.65 bits per heavy atom. The Hall–Kier alpha value is -1.67. The van der Waals surface area contributed by atoms with Crippen molar-refractivity contribution in [3.63, 3.8) is 0 Å². The largest absolute Gasteiger partial charge is 0.386 e. The van der Waals surface area contributed by atoms with Crippen molar-refractivity contribution in [3.8, 4) is 0 Å². The third kappa shape index (κ3) is 3.07. The Balaban J connectivity index is 2.38. The predicted molar refractivity (Wildman–Crippen MR) is 81.3 cm³/mol. The van der Waals surface area contributed by atoms with E-state index in [-0.39, 0.29) is 10.8 Å². The van der Waals surface area contributed by atoms with E-state index in [0.717, 1.165) is 4.47 Å². The number of hydrogen-bond donors (Lipinski definition) is 2. The molecule has 106 valence electrons. The molecule has 0 atom stereocenters. The number of nitrogens with one attached hydrogen (secondary N) is 2. The predicted octanol–water partition coefficient (Wildman–Crippen LogP) is 2.39. The average Bonchev–Trinajstić information content (AvgIpc) is 2.42. The molecule has 0 aliphatic rings. The first-order valence-corrected chi connectivity index (χ1v) is 8.00. The van der Waals surface area contributed by atoms with Gasteiger partial charge in [-0.1, -0.05) is 0 Å². The number of pyridine rings is 2. The van der Waals surface area contributed by atoms with Gasteiger partial charge in [0.25, 0.3) is 10.0 Å². The molecule has 8 heteroatoms. The van der Waals surface area contributed by atoms with Gasteiger partial charge in [0.2, 0.25) is 0 Å². The minimum Gasteiger partial charge on any atom is -0.386 e. The third-order valence-corrected chi connectivity index (χ3v) is 4.71. The van der Waals surface area contributed by atoms with Gasteiger partial charge in [0, 0.05) is 17.7 Å². The van der Waals surface area contributed by atoms with E-state index in [0.29, 0.717) is 11.4 Å². The molecule has 2 rings (SSSR count). The molecule has 0 spiro atoms. The van der Waals surface area contributed by atoms with Gasteiger partial charge >= 0.3 is 0 Å². The Kier molecular flexibility index (Phi) is 4.24. The van der Waals surface area contributed by atoms with Crippen molar-refractivity contribution in [3.05, 3.63) is 40.6 Å². The van der Waals surface area contributed by atoms with Crippen molar-refractivity contribution in [1.82, 2.24) is 9.97 Å². The van der Waals surface area contributed by atoms with Crippen LogP contribution in [0.25, 0.3) is 0 Å². The topological polar surface area (TPSA) is 84.0 Å². The van der Waals surface area contributed by atoms with Gasteiger partial charge in [-0.05, 0) is 47.1 Å². The monoisotopic (exact) mass is 356 g/mol. The molecule has 0 aliphatic carbocycles. The molecule has 0 saturated heterocycles. The molecular formula is C12H13BrN4O2S. The van der Waals surface area contributed by atoms with Crippen LogP contribution in [0.1, 0.15) is 5.69 Å². The molecule has 0 unspecified atom stereocenters. The summed E-state index contributed by atoms with van der Waals surface area (Å²) in [5.41, 5.74) is 1.12. The van der Waals surface area contributed by atoms with Crippen LogP contribution in [0.15, 0.2) is 40.0 Å². The van der Waals surface area contributed by atoms with Crippen molar-refractivity contribution in [1.29, 1.82) is 0 Å². The van der Waals surface area contributed by atoms with Crippen molar-refractivity contribution < 1.29 is 8.42 Å². The first-order valence-electron chi connectivity index (χ1n) is 5.73. The molecule has 2 heterocycles. The second-order valence-electron chi connectivity index (χ2n) is 3.98. The Bertz CT molecular complexity index is 734. The second kappa shape index (κ2) is 5.76. The quantitative estimate of drug-likeness (QED) is 0.878. The van der Waals surface area contributed by atoms with Gasteiger partial charge in [-0.25, -0.2) is 9.97 Å². The molecule has 0 radical (unpaired) electrons. The maximum atomic E-state index is 12.3. The lowest BCUT2D eigenvalue weighted by atomic mass is 10.4. The normalized spacial score (nSPS) is 11.2. The highest BCUT2D eigenvalue weighted by molar-refractivity contribution is 9.10. The van der Waals surface area contributed by atoms with E-state index >= 15 is 0 Å². The zero-order chi connectivity index (χ0) is 14.8. The van der Waals surface area contributed by atoms with Gasteiger partial charge in [-0.15, -0.1) is 0 Å². The highest BCUT2D eigenvalue weighted by atomic mass is 79.9. The van der Waals surface area contributed by atoms with Crippen molar-refractivity contribution in [2.24, 2.45) is 0 Å². The van der Waals surface area contributed by atoms with E-state index in [1.165, 1.54) is 6.20 Å². The van der Waals surface area contributed by atoms with E-state index in [4.69, 9.17) is 0 Å². The fourth-order valence-electron chi connectivity index (χ4n) is 1.58. The molecule has 2 N–H and O–H groups in total. The highest BCUT2D eigenvalue weighted by Gasteiger charge is 2.20. The lowest BCUT2D eigenvalue weighted by Gasteiger charge is -2.10. The summed E-state index contributed by atoms with van der Waals surface area (Å²) < 4.78 is 27.9. The third-order valence-electron chi connectivity index (χ3n) is 2.56. The van der Waals surface area contributed by atoms with Crippen LogP contribution in [0.2, 0.25) is 0 Å². The molecule has 0 bridgehead atoms. The molecule has 0 amide bonds. The number of anilines is 2. The summed E-state index contributed by atoms with van der Waals surface area (Å²) in [4.78, 5) is 8.06. The number of halogens is 1. The minimum atomic E-state index is -3.79. The molecule has 20 heavy (non-hydrogen) atoms. The van der Waals surface area contributed by atoms with Crippen LogP contribution in [0.3, 0.4) is 0 Å². The summed E-state index contributed by atoms with van der Waals surface area (Å²) in [6.07, 6.45) is 1.43. The SMILES string of the molecule is CNc1cccnc1S(=O)(=O)Nc1ccc(Br)c(C)n1. The molecule has 6 nitrogen and oxygen atoms in total. The molecule has 0 aromatic carbocycles. The molecule has 0 fully saturated rings. The van der Waals surface area contributed by atoms with Crippen LogP contribution < -0.4 is 10.0 Å². The van der Waals surface area contributed by atoms with E-state index < -0.39 is 10.0 Å². The number of aryl methyl sites for hydroxylation is 1. The summed E-state index contributed by atoms with van der Waals surface area (Å²) in [7, 11) is -2.15. The summed E-state index contributed by atoms with van der Waals surface area (Å²) in [6.45, 7) is 1.78. The Labute approximate surface area is 125 Å². The summed E-state index contributed by atoms with van der Waals surface area (Å²) in [5, 5.41) is 2.73. The molecular weight excluding hydrogens is 344 g/mol. The molecule has 0 aliphatic heterocycles. The van der Waals surface area contributed by atoms with Gasteiger partial charge in [-0.2, -0.15) is 8.42 Å². The van der Waals surface area contributed by atoms with Crippen LogP contribution >= 0.6 is 15.9 Å². The van der Waals surface area contributed by atoms with E-state index in [1.54, 1.807) is 38.2 Å². The maximum absolute atomic E-state index is 12.3.